The van der Waals surface area contributed by atoms with Crippen molar-refractivity contribution in [2.75, 3.05) is 26.2 Å². The average molecular weight is 240 g/mol. The third-order valence-electron chi connectivity index (χ3n) is 3.94. The van der Waals surface area contributed by atoms with Gasteiger partial charge in [-0.25, -0.2) is 0 Å². The summed E-state index contributed by atoms with van der Waals surface area (Å²) < 4.78 is 0. The number of likely N-dealkylation sites (tertiary alicyclic amines) is 1. The quantitative estimate of drug-likeness (QED) is 0.622. The Bertz CT molecular complexity index is 180. The van der Waals surface area contributed by atoms with Crippen molar-refractivity contribution in [1.82, 2.24) is 10.2 Å². The van der Waals surface area contributed by atoms with E-state index in [1.165, 1.54) is 64.7 Å². The van der Waals surface area contributed by atoms with Gasteiger partial charge < -0.3 is 10.2 Å². The van der Waals surface area contributed by atoms with Crippen LogP contribution in [-0.2, 0) is 0 Å². The van der Waals surface area contributed by atoms with Crippen molar-refractivity contribution in [2.45, 2.75) is 65.3 Å². The van der Waals surface area contributed by atoms with E-state index in [0.29, 0.717) is 0 Å². The summed E-state index contributed by atoms with van der Waals surface area (Å²) >= 11 is 0. The first-order chi connectivity index (χ1) is 8.24. The highest BCUT2D eigenvalue weighted by atomic mass is 15.2. The molecule has 17 heavy (non-hydrogen) atoms. The maximum atomic E-state index is 3.64. The summed E-state index contributed by atoms with van der Waals surface area (Å²) in [5.74, 6) is 0.896. The fourth-order valence-corrected chi connectivity index (χ4v) is 2.66. The summed E-state index contributed by atoms with van der Waals surface area (Å²) in [5.41, 5.74) is 0. The smallest absolute Gasteiger partial charge is 0.00387 e. The third-order valence-corrected chi connectivity index (χ3v) is 3.94. The van der Waals surface area contributed by atoms with E-state index in [4.69, 9.17) is 0 Å². The van der Waals surface area contributed by atoms with Crippen LogP contribution >= 0.6 is 0 Å². The third kappa shape index (κ3) is 6.42. The molecule has 0 aromatic rings. The van der Waals surface area contributed by atoms with Crippen LogP contribution < -0.4 is 5.32 Å². The number of hydrogen-bond acceptors (Lipinski definition) is 2. The van der Waals surface area contributed by atoms with E-state index in [0.717, 1.165) is 12.0 Å². The fraction of sp³-hybridized carbons (Fsp3) is 1.00. The standard InChI is InChI=1S/C15H32N2/c1-4-5-6-7-8-10-16-12-15-9-11-17(13-15)14(2)3/h14-16H,4-13H2,1-3H3. The van der Waals surface area contributed by atoms with E-state index in [2.05, 4.69) is 31.0 Å². The van der Waals surface area contributed by atoms with E-state index in [1.54, 1.807) is 0 Å². The molecule has 0 aromatic heterocycles. The molecule has 1 N–H and O–H groups in total. The number of unbranched alkanes of at least 4 members (excludes halogenated alkanes) is 4. The zero-order chi connectivity index (χ0) is 12.5. The first-order valence-corrected chi connectivity index (χ1v) is 7.68. The molecule has 0 aliphatic carbocycles. The minimum atomic E-state index is 0.731. The normalized spacial score (nSPS) is 21.5. The SMILES string of the molecule is CCCCCCCNCC1CCN(C(C)C)C1. The van der Waals surface area contributed by atoms with Gasteiger partial charge in [-0.3, -0.25) is 0 Å². The van der Waals surface area contributed by atoms with Gasteiger partial charge in [-0.15, -0.1) is 0 Å². The molecule has 1 fully saturated rings. The number of rotatable bonds is 9. The lowest BCUT2D eigenvalue weighted by Crippen LogP contribution is -2.30. The first-order valence-electron chi connectivity index (χ1n) is 7.68. The van der Waals surface area contributed by atoms with Crippen molar-refractivity contribution in [1.29, 1.82) is 0 Å². The van der Waals surface area contributed by atoms with Gasteiger partial charge >= 0.3 is 0 Å². The largest absolute Gasteiger partial charge is 0.316 e. The predicted octanol–water partition coefficient (Wildman–Crippen LogP) is 3.28. The Balaban J connectivity index is 1.90. The molecule has 1 saturated heterocycles. The van der Waals surface area contributed by atoms with Crippen LogP contribution in [0.4, 0.5) is 0 Å². The summed E-state index contributed by atoms with van der Waals surface area (Å²) in [6, 6.07) is 0.731. The van der Waals surface area contributed by atoms with Gasteiger partial charge in [0.1, 0.15) is 0 Å². The van der Waals surface area contributed by atoms with E-state index in [-0.39, 0.29) is 0 Å². The lowest BCUT2D eigenvalue weighted by molar-refractivity contribution is 0.264. The lowest BCUT2D eigenvalue weighted by atomic mass is 10.1. The van der Waals surface area contributed by atoms with Gasteiger partial charge in [-0.1, -0.05) is 32.6 Å². The molecule has 0 radical (unpaired) electrons. The van der Waals surface area contributed by atoms with Gasteiger partial charge in [-0.05, 0) is 52.2 Å². The fourth-order valence-electron chi connectivity index (χ4n) is 2.66. The van der Waals surface area contributed by atoms with E-state index in [1.807, 2.05) is 0 Å². The molecule has 0 bridgehead atoms. The molecule has 1 unspecified atom stereocenters. The van der Waals surface area contributed by atoms with Gasteiger partial charge in [0, 0.05) is 12.6 Å². The Morgan fingerprint density at radius 2 is 1.94 bits per heavy atom. The molecule has 1 aliphatic heterocycles. The minimum absolute atomic E-state index is 0.731. The highest BCUT2D eigenvalue weighted by Gasteiger charge is 2.23. The molecular formula is C15H32N2. The van der Waals surface area contributed by atoms with Crippen molar-refractivity contribution in [3.8, 4) is 0 Å². The zero-order valence-corrected chi connectivity index (χ0v) is 12.2. The van der Waals surface area contributed by atoms with Crippen LogP contribution in [0.25, 0.3) is 0 Å². The van der Waals surface area contributed by atoms with Crippen LogP contribution in [0.3, 0.4) is 0 Å². The monoisotopic (exact) mass is 240 g/mol. The highest BCUT2D eigenvalue weighted by Crippen LogP contribution is 2.17. The summed E-state index contributed by atoms with van der Waals surface area (Å²) in [5, 5.41) is 3.64. The Hall–Kier alpha value is -0.0800. The van der Waals surface area contributed by atoms with Crippen molar-refractivity contribution in [2.24, 2.45) is 5.92 Å². The van der Waals surface area contributed by atoms with Crippen molar-refractivity contribution in [3.63, 3.8) is 0 Å². The first kappa shape index (κ1) is 15.0. The van der Waals surface area contributed by atoms with E-state index < -0.39 is 0 Å². The summed E-state index contributed by atoms with van der Waals surface area (Å²) in [6.45, 7) is 12.0. The molecule has 0 saturated carbocycles. The molecule has 1 atom stereocenters. The molecule has 2 nitrogen and oxygen atoms in total. The molecule has 1 aliphatic rings. The molecule has 0 aromatic carbocycles. The number of nitrogens with one attached hydrogen (secondary N) is 1. The minimum Gasteiger partial charge on any atom is -0.316 e. The Morgan fingerprint density at radius 3 is 2.59 bits per heavy atom. The summed E-state index contributed by atoms with van der Waals surface area (Å²) in [7, 11) is 0. The van der Waals surface area contributed by atoms with Crippen LogP contribution in [0.2, 0.25) is 0 Å². The second-order valence-electron chi connectivity index (χ2n) is 5.86. The second-order valence-corrected chi connectivity index (χ2v) is 5.86. The summed E-state index contributed by atoms with van der Waals surface area (Å²) in [6.07, 6.45) is 8.33. The van der Waals surface area contributed by atoms with Crippen molar-refractivity contribution in [3.05, 3.63) is 0 Å². The molecular weight excluding hydrogens is 208 g/mol. The van der Waals surface area contributed by atoms with Gasteiger partial charge in [0.25, 0.3) is 0 Å². The van der Waals surface area contributed by atoms with E-state index in [9.17, 15) is 0 Å². The Morgan fingerprint density at radius 1 is 1.18 bits per heavy atom. The maximum absolute atomic E-state index is 3.64. The van der Waals surface area contributed by atoms with Gasteiger partial charge in [0.15, 0.2) is 0 Å². The maximum Gasteiger partial charge on any atom is 0.00387 e. The van der Waals surface area contributed by atoms with Crippen molar-refractivity contribution >= 4 is 0 Å². The lowest BCUT2D eigenvalue weighted by Gasteiger charge is -2.20. The highest BCUT2D eigenvalue weighted by molar-refractivity contribution is 4.78. The van der Waals surface area contributed by atoms with Gasteiger partial charge in [-0.2, -0.15) is 0 Å². The van der Waals surface area contributed by atoms with Gasteiger partial charge in [0.2, 0.25) is 0 Å². The van der Waals surface area contributed by atoms with Crippen LogP contribution in [0.1, 0.15) is 59.3 Å². The van der Waals surface area contributed by atoms with Gasteiger partial charge in [0.05, 0.1) is 0 Å². The van der Waals surface area contributed by atoms with Crippen molar-refractivity contribution < 1.29 is 0 Å². The number of nitrogens with zero attached hydrogens (tertiary/aromatic N) is 1. The summed E-state index contributed by atoms with van der Waals surface area (Å²) in [4.78, 5) is 2.60. The van der Waals surface area contributed by atoms with Crippen LogP contribution in [0.5, 0.6) is 0 Å². The van der Waals surface area contributed by atoms with Crippen LogP contribution in [0, 0.1) is 5.92 Å². The predicted molar refractivity (Wildman–Crippen MR) is 76.4 cm³/mol. The van der Waals surface area contributed by atoms with E-state index >= 15 is 0 Å². The molecule has 2 heteroatoms. The van der Waals surface area contributed by atoms with Crippen LogP contribution in [0.15, 0.2) is 0 Å². The molecule has 0 spiro atoms. The Kier molecular flexibility index (Phi) is 7.87. The second kappa shape index (κ2) is 8.93. The molecule has 1 heterocycles. The van der Waals surface area contributed by atoms with Crippen LogP contribution in [-0.4, -0.2) is 37.1 Å². The molecule has 102 valence electrons. The Labute approximate surface area is 108 Å². The molecule has 1 rings (SSSR count). The molecule has 0 amide bonds. The average Bonchev–Trinajstić information content (AvgIpc) is 2.77. The number of hydrogen-bond donors (Lipinski definition) is 1. The zero-order valence-electron chi connectivity index (χ0n) is 12.2. The topological polar surface area (TPSA) is 15.3 Å².